The van der Waals surface area contributed by atoms with Gasteiger partial charge in [0.25, 0.3) is 0 Å². The van der Waals surface area contributed by atoms with Gasteiger partial charge in [0.2, 0.25) is 0 Å². The number of carboxylic acids is 1. The van der Waals surface area contributed by atoms with E-state index in [0.29, 0.717) is 17.9 Å². The number of hydrogen-bond acceptors (Lipinski definition) is 2. The molecule has 0 spiro atoms. The van der Waals surface area contributed by atoms with Crippen LogP contribution >= 0.6 is 0 Å². The molecule has 98 valence electrons. The van der Waals surface area contributed by atoms with Crippen molar-refractivity contribution in [2.75, 3.05) is 6.61 Å². The molecule has 18 heavy (non-hydrogen) atoms. The smallest absolute Gasteiger partial charge is 0.331 e. The van der Waals surface area contributed by atoms with Gasteiger partial charge in [-0.25, -0.2) is 4.79 Å². The topological polar surface area (TPSA) is 46.5 Å². The van der Waals surface area contributed by atoms with Crippen LogP contribution in [0.15, 0.2) is 35.9 Å². The molecule has 0 unspecified atom stereocenters. The zero-order valence-corrected chi connectivity index (χ0v) is 11.1. The summed E-state index contributed by atoms with van der Waals surface area (Å²) in [5, 5.41) is 8.84. The third-order valence-electron chi connectivity index (χ3n) is 2.78. The highest BCUT2D eigenvalue weighted by atomic mass is 16.5. The lowest BCUT2D eigenvalue weighted by molar-refractivity contribution is -0.132. The van der Waals surface area contributed by atoms with Gasteiger partial charge in [0.05, 0.1) is 0 Å². The highest BCUT2D eigenvalue weighted by Crippen LogP contribution is 2.18. The summed E-state index contributed by atoms with van der Waals surface area (Å²) in [5.74, 6) is 0.380. The molecule has 0 fully saturated rings. The lowest BCUT2D eigenvalue weighted by Crippen LogP contribution is -2.03. The van der Waals surface area contributed by atoms with Crippen LogP contribution in [0.3, 0.4) is 0 Å². The molecule has 1 rings (SSSR count). The molecule has 0 atom stereocenters. The third kappa shape index (κ3) is 4.24. The highest BCUT2D eigenvalue weighted by Gasteiger charge is 2.03. The second kappa shape index (κ2) is 6.84. The van der Waals surface area contributed by atoms with Gasteiger partial charge in [-0.05, 0) is 36.1 Å². The van der Waals surface area contributed by atoms with Crippen molar-refractivity contribution >= 4 is 5.97 Å². The number of rotatable bonds is 6. The van der Waals surface area contributed by atoms with E-state index in [1.165, 1.54) is 5.56 Å². The minimum absolute atomic E-state index is 0.288. The van der Waals surface area contributed by atoms with Gasteiger partial charge >= 0.3 is 5.97 Å². The fourth-order valence-electron chi connectivity index (χ4n) is 1.57. The van der Waals surface area contributed by atoms with Crippen molar-refractivity contribution in [1.29, 1.82) is 0 Å². The van der Waals surface area contributed by atoms with Gasteiger partial charge in [-0.1, -0.05) is 32.9 Å². The molecule has 3 heteroatoms. The molecule has 0 aliphatic heterocycles. The minimum Gasteiger partial charge on any atom is -0.490 e. The normalized spacial score (nSPS) is 11.7. The molecule has 1 aromatic rings. The quantitative estimate of drug-likeness (QED) is 0.782. The van der Waals surface area contributed by atoms with Crippen LogP contribution in [0.5, 0.6) is 5.75 Å². The maximum absolute atomic E-state index is 10.8. The summed E-state index contributed by atoms with van der Waals surface area (Å²) in [4.78, 5) is 10.8. The molecule has 0 radical (unpaired) electrons. The molecule has 0 heterocycles. The molecule has 0 amide bonds. The van der Waals surface area contributed by atoms with E-state index in [4.69, 9.17) is 9.84 Å². The van der Waals surface area contributed by atoms with Gasteiger partial charge in [-0.15, -0.1) is 0 Å². The molecule has 0 aliphatic carbocycles. The predicted octanol–water partition coefficient (Wildman–Crippen LogP) is 3.61. The van der Waals surface area contributed by atoms with E-state index in [2.05, 4.69) is 13.8 Å². The van der Waals surface area contributed by atoms with Crippen molar-refractivity contribution in [2.45, 2.75) is 33.1 Å². The summed E-state index contributed by atoms with van der Waals surface area (Å²) >= 11 is 0. The fourth-order valence-corrected chi connectivity index (χ4v) is 1.57. The Kier molecular flexibility index (Phi) is 5.43. The van der Waals surface area contributed by atoms with E-state index in [-0.39, 0.29) is 6.61 Å². The Labute approximate surface area is 108 Å². The van der Waals surface area contributed by atoms with Crippen LogP contribution in [0.1, 0.15) is 38.7 Å². The number of ether oxygens (including phenoxy) is 1. The van der Waals surface area contributed by atoms with Crippen molar-refractivity contribution in [1.82, 2.24) is 0 Å². The maximum atomic E-state index is 10.8. The van der Waals surface area contributed by atoms with Gasteiger partial charge < -0.3 is 9.84 Å². The molecule has 3 nitrogen and oxygen atoms in total. The van der Waals surface area contributed by atoms with Crippen LogP contribution in [0.25, 0.3) is 0 Å². The van der Waals surface area contributed by atoms with Crippen molar-refractivity contribution in [2.24, 2.45) is 0 Å². The van der Waals surface area contributed by atoms with Crippen LogP contribution in [0.2, 0.25) is 0 Å². The van der Waals surface area contributed by atoms with E-state index in [0.717, 1.165) is 5.75 Å². The van der Waals surface area contributed by atoms with Gasteiger partial charge in [0, 0.05) is 5.57 Å². The Balaban J connectivity index is 2.56. The number of hydrogen-bond donors (Lipinski definition) is 1. The Morgan fingerprint density at radius 3 is 2.39 bits per heavy atom. The Morgan fingerprint density at radius 1 is 1.33 bits per heavy atom. The largest absolute Gasteiger partial charge is 0.490 e. The Hall–Kier alpha value is -1.77. The number of carbonyl (C=O) groups is 1. The average Bonchev–Trinajstić information content (AvgIpc) is 2.34. The first-order chi connectivity index (χ1) is 8.54. The van der Waals surface area contributed by atoms with Crippen LogP contribution in [-0.4, -0.2) is 17.7 Å². The zero-order chi connectivity index (χ0) is 13.5. The summed E-state index contributed by atoms with van der Waals surface area (Å²) in [6.45, 7) is 6.38. The number of aliphatic carboxylic acids is 1. The summed E-state index contributed by atoms with van der Waals surface area (Å²) in [7, 11) is 0. The molecule has 1 aromatic carbocycles. The number of carboxylic acid groups (broad SMARTS) is 1. The molecule has 0 saturated carbocycles. The molecule has 0 aromatic heterocycles. The van der Waals surface area contributed by atoms with Crippen LogP contribution < -0.4 is 4.74 Å². The van der Waals surface area contributed by atoms with Crippen molar-refractivity contribution in [3.63, 3.8) is 0 Å². The summed E-state index contributed by atoms with van der Waals surface area (Å²) < 4.78 is 5.48. The Bertz CT molecular complexity index is 416. The summed E-state index contributed by atoms with van der Waals surface area (Å²) in [6.07, 6.45) is 2.11. The Morgan fingerprint density at radius 2 is 1.94 bits per heavy atom. The predicted molar refractivity (Wildman–Crippen MR) is 72.0 cm³/mol. The lowest BCUT2D eigenvalue weighted by Gasteiger charge is -2.07. The molecule has 0 saturated heterocycles. The summed E-state index contributed by atoms with van der Waals surface area (Å²) in [5.41, 5.74) is 1.64. The van der Waals surface area contributed by atoms with E-state index in [1.807, 2.05) is 31.2 Å². The van der Waals surface area contributed by atoms with Gasteiger partial charge in [-0.3, -0.25) is 0 Å². The van der Waals surface area contributed by atoms with Gasteiger partial charge in [-0.2, -0.15) is 0 Å². The van der Waals surface area contributed by atoms with Crippen LogP contribution in [0, 0.1) is 0 Å². The maximum Gasteiger partial charge on any atom is 0.331 e. The zero-order valence-electron chi connectivity index (χ0n) is 11.1. The summed E-state index contributed by atoms with van der Waals surface area (Å²) in [6, 6.07) is 7.88. The van der Waals surface area contributed by atoms with Gasteiger partial charge in [0.15, 0.2) is 0 Å². The van der Waals surface area contributed by atoms with E-state index >= 15 is 0 Å². The van der Waals surface area contributed by atoms with E-state index in [1.54, 1.807) is 6.08 Å². The van der Waals surface area contributed by atoms with Crippen molar-refractivity contribution < 1.29 is 14.6 Å². The first-order valence-electron chi connectivity index (χ1n) is 6.19. The van der Waals surface area contributed by atoms with E-state index < -0.39 is 5.97 Å². The fraction of sp³-hybridized carbons (Fsp3) is 0.400. The second-order valence-corrected chi connectivity index (χ2v) is 4.42. The standard InChI is InChI=1S/C15H20O3/c1-4-12(15(16)17)9-10-18-14-7-5-13(6-8-14)11(2)3/h5-9,11H,4,10H2,1-3H3,(H,16,17). The minimum atomic E-state index is -0.878. The van der Waals surface area contributed by atoms with Crippen molar-refractivity contribution in [3.05, 3.63) is 41.5 Å². The molecular formula is C15H20O3. The first-order valence-corrected chi connectivity index (χ1v) is 6.19. The average molecular weight is 248 g/mol. The molecule has 0 bridgehead atoms. The van der Waals surface area contributed by atoms with Crippen molar-refractivity contribution in [3.8, 4) is 5.75 Å². The van der Waals surface area contributed by atoms with E-state index in [9.17, 15) is 4.79 Å². The molecule has 1 N–H and O–H groups in total. The SMILES string of the molecule is CCC(=CCOc1ccc(C(C)C)cc1)C(=O)O. The van der Waals surface area contributed by atoms with Gasteiger partial charge in [0.1, 0.15) is 12.4 Å². The second-order valence-electron chi connectivity index (χ2n) is 4.42. The lowest BCUT2D eigenvalue weighted by atomic mass is 10.0. The van der Waals surface area contributed by atoms with Crippen LogP contribution in [-0.2, 0) is 4.79 Å². The molecule has 0 aliphatic rings. The number of benzene rings is 1. The molecular weight excluding hydrogens is 228 g/mol. The highest BCUT2D eigenvalue weighted by molar-refractivity contribution is 5.86. The van der Waals surface area contributed by atoms with Crippen LogP contribution in [0.4, 0.5) is 0 Å². The first kappa shape index (κ1) is 14.3. The third-order valence-corrected chi connectivity index (χ3v) is 2.78. The monoisotopic (exact) mass is 248 g/mol.